The molecular weight excluding hydrogens is 370 g/mol. The quantitative estimate of drug-likeness (QED) is 0.564. The number of rotatable bonds is 4. The average Bonchev–Trinajstić information content (AvgIpc) is 3.30. The molecule has 3 heterocycles. The largest absolute Gasteiger partial charge is 0.466 e. The van der Waals surface area contributed by atoms with Crippen LogP contribution in [0.25, 0.3) is 16.9 Å². The Morgan fingerprint density at radius 2 is 2.11 bits per heavy atom. The molecule has 0 aliphatic rings. The molecular formula is C18H14F2N6O2. The molecule has 1 aromatic carbocycles. The molecule has 0 bridgehead atoms. The van der Waals surface area contributed by atoms with Gasteiger partial charge >= 0.3 is 6.01 Å². The summed E-state index contributed by atoms with van der Waals surface area (Å²) in [6.45, 7) is 1.66. The van der Waals surface area contributed by atoms with E-state index in [9.17, 15) is 13.6 Å². The fourth-order valence-electron chi connectivity index (χ4n) is 2.77. The van der Waals surface area contributed by atoms with Crippen LogP contribution < -0.4 is 10.1 Å². The molecule has 0 aliphatic carbocycles. The Morgan fingerprint density at radius 1 is 1.29 bits per heavy atom. The summed E-state index contributed by atoms with van der Waals surface area (Å²) >= 11 is 0. The molecule has 0 radical (unpaired) electrons. The van der Waals surface area contributed by atoms with Gasteiger partial charge in [-0.25, -0.2) is 13.3 Å². The SMILES string of the molecule is COc1n[nH]c(-c2cc(NC(=O)c3cnn4cc(F)ccc34)c(C)cc2F)n1. The molecule has 4 aromatic rings. The number of carbonyl (C=O) groups excluding carboxylic acids is 1. The van der Waals surface area contributed by atoms with Gasteiger partial charge in [0.25, 0.3) is 5.91 Å². The number of benzene rings is 1. The summed E-state index contributed by atoms with van der Waals surface area (Å²) in [5.41, 5.74) is 1.73. The number of ether oxygens (including phenoxy) is 1. The van der Waals surface area contributed by atoms with Crippen molar-refractivity contribution in [3.8, 4) is 17.4 Å². The zero-order valence-electron chi connectivity index (χ0n) is 14.8. The van der Waals surface area contributed by atoms with Gasteiger partial charge in [-0.3, -0.25) is 9.89 Å². The predicted octanol–water partition coefficient (Wildman–Crippen LogP) is 2.97. The number of fused-ring (bicyclic) bond motifs is 1. The van der Waals surface area contributed by atoms with Gasteiger partial charge in [0.2, 0.25) is 0 Å². The topological polar surface area (TPSA) is 97.2 Å². The first kappa shape index (κ1) is 17.6. The van der Waals surface area contributed by atoms with Crippen LogP contribution in [0.4, 0.5) is 14.5 Å². The fraction of sp³-hybridized carbons (Fsp3) is 0.111. The second kappa shape index (κ2) is 6.72. The average molecular weight is 384 g/mol. The number of aromatic nitrogens is 5. The standard InChI is InChI=1S/C18H14F2N6O2/c1-9-5-13(20)11(16-23-18(28-2)25-24-16)6-14(9)22-17(27)12-7-21-26-8-10(19)3-4-15(12)26/h3-8H,1-2H3,(H,22,27)(H,23,24,25). The van der Waals surface area contributed by atoms with E-state index in [1.54, 1.807) is 6.92 Å². The lowest BCUT2D eigenvalue weighted by atomic mass is 10.1. The Bertz CT molecular complexity index is 1200. The minimum absolute atomic E-state index is 0.0687. The summed E-state index contributed by atoms with van der Waals surface area (Å²) in [5, 5.41) is 13.1. The summed E-state index contributed by atoms with van der Waals surface area (Å²) < 4.78 is 33.9. The van der Waals surface area contributed by atoms with E-state index in [0.29, 0.717) is 16.8 Å². The molecule has 3 aromatic heterocycles. The first-order valence-electron chi connectivity index (χ1n) is 8.17. The van der Waals surface area contributed by atoms with E-state index in [-0.39, 0.29) is 23.0 Å². The number of carbonyl (C=O) groups is 1. The summed E-state index contributed by atoms with van der Waals surface area (Å²) in [6, 6.07) is 5.51. The van der Waals surface area contributed by atoms with Crippen LogP contribution in [-0.2, 0) is 0 Å². The summed E-state index contributed by atoms with van der Waals surface area (Å²) in [7, 11) is 1.40. The number of H-pyrrole nitrogens is 1. The first-order valence-corrected chi connectivity index (χ1v) is 8.17. The number of halogens is 2. The number of aromatic amines is 1. The fourth-order valence-corrected chi connectivity index (χ4v) is 2.77. The molecule has 4 rings (SSSR count). The van der Waals surface area contributed by atoms with Crippen LogP contribution >= 0.6 is 0 Å². The van der Waals surface area contributed by atoms with Crippen molar-refractivity contribution in [2.24, 2.45) is 0 Å². The lowest BCUT2D eigenvalue weighted by Gasteiger charge is -2.10. The molecule has 0 spiro atoms. The number of hydrogen-bond donors (Lipinski definition) is 2. The van der Waals surface area contributed by atoms with E-state index < -0.39 is 17.5 Å². The van der Waals surface area contributed by atoms with E-state index >= 15 is 0 Å². The number of methoxy groups -OCH3 is 1. The van der Waals surface area contributed by atoms with E-state index in [0.717, 1.165) is 0 Å². The molecule has 0 aliphatic heterocycles. The number of amides is 1. The third kappa shape index (κ3) is 3.04. The van der Waals surface area contributed by atoms with Gasteiger partial charge in [0, 0.05) is 5.69 Å². The first-order chi connectivity index (χ1) is 13.5. The Hall–Kier alpha value is -3.82. The van der Waals surface area contributed by atoms with Crippen LogP contribution in [0.2, 0.25) is 0 Å². The van der Waals surface area contributed by atoms with Gasteiger partial charge in [0.15, 0.2) is 5.82 Å². The van der Waals surface area contributed by atoms with Crippen molar-refractivity contribution in [2.75, 3.05) is 12.4 Å². The van der Waals surface area contributed by atoms with E-state index in [4.69, 9.17) is 4.74 Å². The van der Waals surface area contributed by atoms with Crippen molar-refractivity contribution >= 4 is 17.1 Å². The zero-order chi connectivity index (χ0) is 19.8. The van der Waals surface area contributed by atoms with Crippen molar-refractivity contribution in [3.05, 3.63) is 59.4 Å². The van der Waals surface area contributed by atoms with E-state index in [2.05, 4.69) is 25.6 Å². The van der Waals surface area contributed by atoms with Gasteiger partial charge in [-0.15, -0.1) is 5.10 Å². The van der Waals surface area contributed by atoms with Crippen molar-refractivity contribution in [1.82, 2.24) is 24.8 Å². The highest BCUT2D eigenvalue weighted by Crippen LogP contribution is 2.28. The Balaban J connectivity index is 1.68. The molecule has 0 fully saturated rings. The van der Waals surface area contributed by atoms with Gasteiger partial charge in [-0.1, -0.05) is 0 Å². The van der Waals surface area contributed by atoms with Crippen molar-refractivity contribution in [1.29, 1.82) is 0 Å². The third-order valence-corrected chi connectivity index (χ3v) is 4.19. The number of aryl methyl sites for hydroxylation is 1. The number of nitrogens with one attached hydrogen (secondary N) is 2. The second-order valence-corrected chi connectivity index (χ2v) is 6.01. The molecule has 8 nitrogen and oxygen atoms in total. The molecule has 0 saturated carbocycles. The van der Waals surface area contributed by atoms with Crippen molar-refractivity contribution in [2.45, 2.75) is 6.92 Å². The lowest BCUT2D eigenvalue weighted by Crippen LogP contribution is -2.13. The number of pyridine rings is 1. The highest BCUT2D eigenvalue weighted by atomic mass is 19.1. The van der Waals surface area contributed by atoms with Crippen LogP contribution in [0, 0.1) is 18.6 Å². The van der Waals surface area contributed by atoms with E-state index in [1.807, 2.05) is 0 Å². The van der Waals surface area contributed by atoms with Crippen LogP contribution in [0.5, 0.6) is 6.01 Å². The van der Waals surface area contributed by atoms with E-state index in [1.165, 1.54) is 48.3 Å². The van der Waals surface area contributed by atoms with Crippen LogP contribution in [0.1, 0.15) is 15.9 Å². The second-order valence-electron chi connectivity index (χ2n) is 6.01. The van der Waals surface area contributed by atoms with Gasteiger partial charge in [-0.05, 0) is 36.8 Å². The number of nitrogens with zero attached hydrogens (tertiary/aromatic N) is 4. The number of hydrogen-bond acceptors (Lipinski definition) is 5. The van der Waals surface area contributed by atoms with Crippen molar-refractivity contribution < 1.29 is 18.3 Å². The maximum absolute atomic E-state index is 14.4. The van der Waals surface area contributed by atoms with Crippen LogP contribution in [-0.4, -0.2) is 37.8 Å². The molecule has 0 atom stereocenters. The van der Waals surface area contributed by atoms with Gasteiger partial charge in [-0.2, -0.15) is 10.1 Å². The molecule has 142 valence electrons. The Labute approximate surface area is 157 Å². The van der Waals surface area contributed by atoms with Gasteiger partial charge in [0.1, 0.15) is 11.6 Å². The molecule has 1 amide bonds. The maximum Gasteiger partial charge on any atom is 0.335 e. The third-order valence-electron chi connectivity index (χ3n) is 4.19. The monoisotopic (exact) mass is 384 g/mol. The molecule has 28 heavy (non-hydrogen) atoms. The van der Waals surface area contributed by atoms with Gasteiger partial charge in [0.05, 0.1) is 36.1 Å². The minimum atomic E-state index is -0.527. The van der Waals surface area contributed by atoms with Gasteiger partial charge < -0.3 is 10.1 Å². The Kier molecular flexibility index (Phi) is 4.22. The highest BCUT2D eigenvalue weighted by molar-refractivity contribution is 6.09. The number of anilines is 1. The van der Waals surface area contributed by atoms with Crippen LogP contribution in [0.15, 0.2) is 36.7 Å². The minimum Gasteiger partial charge on any atom is -0.466 e. The van der Waals surface area contributed by atoms with Crippen molar-refractivity contribution in [3.63, 3.8) is 0 Å². The summed E-state index contributed by atoms with van der Waals surface area (Å²) in [4.78, 5) is 16.7. The summed E-state index contributed by atoms with van der Waals surface area (Å²) in [5.74, 6) is -1.29. The molecule has 0 saturated heterocycles. The zero-order valence-corrected chi connectivity index (χ0v) is 14.8. The highest BCUT2D eigenvalue weighted by Gasteiger charge is 2.18. The molecule has 0 unspecified atom stereocenters. The van der Waals surface area contributed by atoms with Crippen LogP contribution in [0.3, 0.4) is 0 Å². The Morgan fingerprint density at radius 3 is 2.86 bits per heavy atom. The lowest BCUT2D eigenvalue weighted by molar-refractivity contribution is 0.102. The normalized spacial score (nSPS) is 11.0. The maximum atomic E-state index is 14.4. The smallest absolute Gasteiger partial charge is 0.335 e. The molecule has 10 heteroatoms. The predicted molar refractivity (Wildman–Crippen MR) is 96.2 cm³/mol. The summed E-state index contributed by atoms with van der Waals surface area (Å²) in [6.07, 6.45) is 2.51. The molecule has 2 N–H and O–H groups in total.